The number of nitrogens with zero attached hydrogens (tertiary/aromatic N) is 3. The summed E-state index contributed by atoms with van der Waals surface area (Å²) in [5.41, 5.74) is 7.72. The maximum absolute atomic E-state index is 6.02. The van der Waals surface area contributed by atoms with Crippen LogP contribution in [-0.2, 0) is 6.54 Å². The Labute approximate surface area is 119 Å². The molecule has 0 fully saturated rings. The molecule has 0 unspecified atom stereocenters. The molecule has 0 atom stereocenters. The van der Waals surface area contributed by atoms with Gasteiger partial charge in [0.1, 0.15) is 17.3 Å². The molecule has 1 aromatic carbocycles. The van der Waals surface area contributed by atoms with Crippen LogP contribution in [0.3, 0.4) is 0 Å². The van der Waals surface area contributed by atoms with Crippen molar-refractivity contribution >= 4 is 17.7 Å². The van der Waals surface area contributed by atoms with Gasteiger partial charge in [0.05, 0.1) is 13.3 Å². The van der Waals surface area contributed by atoms with Gasteiger partial charge in [-0.05, 0) is 36.2 Å². The van der Waals surface area contributed by atoms with Crippen molar-refractivity contribution in [3.05, 3.63) is 36.0 Å². The number of anilines is 1. The zero-order valence-corrected chi connectivity index (χ0v) is 11.9. The van der Waals surface area contributed by atoms with Crippen molar-refractivity contribution in [2.75, 3.05) is 12.8 Å². The third-order valence-electron chi connectivity index (χ3n) is 3.05. The number of nitrogens with two attached hydrogens (primary N) is 1. The summed E-state index contributed by atoms with van der Waals surface area (Å²) in [5.74, 6) is 1.44. The number of aryl methyl sites for hydroxylation is 1. The van der Waals surface area contributed by atoms with E-state index < -0.39 is 0 Å². The van der Waals surface area contributed by atoms with Crippen molar-refractivity contribution in [3.8, 4) is 5.75 Å². The van der Waals surface area contributed by atoms with E-state index in [1.165, 1.54) is 0 Å². The average Bonchev–Trinajstić information content (AvgIpc) is 2.84. The van der Waals surface area contributed by atoms with Crippen molar-refractivity contribution < 1.29 is 4.74 Å². The van der Waals surface area contributed by atoms with E-state index in [-0.39, 0.29) is 0 Å². The van der Waals surface area contributed by atoms with E-state index >= 15 is 0 Å². The summed E-state index contributed by atoms with van der Waals surface area (Å²) in [4.78, 5) is 4.39. The fourth-order valence-corrected chi connectivity index (χ4v) is 1.80. The van der Waals surface area contributed by atoms with Gasteiger partial charge in [0, 0.05) is 12.8 Å². The molecule has 20 heavy (non-hydrogen) atoms. The number of aromatic nitrogens is 2. The largest absolute Gasteiger partial charge is 0.497 e. The van der Waals surface area contributed by atoms with Gasteiger partial charge in [-0.1, -0.05) is 13.3 Å². The molecule has 0 aliphatic heterocycles. The second kappa shape index (κ2) is 6.75. The molecule has 0 aliphatic rings. The molecule has 0 saturated heterocycles. The molecule has 1 heterocycles. The third-order valence-corrected chi connectivity index (χ3v) is 3.05. The molecule has 1 aromatic heterocycles. The molecule has 5 nitrogen and oxygen atoms in total. The van der Waals surface area contributed by atoms with Gasteiger partial charge in [0.15, 0.2) is 0 Å². The quantitative estimate of drug-likeness (QED) is 0.822. The van der Waals surface area contributed by atoms with Crippen LogP contribution in [0.5, 0.6) is 5.75 Å². The van der Waals surface area contributed by atoms with Crippen LogP contribution in [0.2, 0.25) is 0 Å². The number of rotatable bonds is 6. The van der Waals surface area contributed by atoms with Crippen molar-refractivity contribution in [3.63, 3.8) is 0 Å². The van der Waals surface area contributed by atoms with Gasteiger partial charge in [-0.25, -0.2) is 4.68 Å². The van der Waals surface area contributed by atoms with Crippen molar-refractivity contribution in [2.24, 2.45) is 4.99 Å². The van der Waals surface area contributed by atoms with Gasteiger partial charge in [0.25, 0.3) is 0 Å². The molecule has 0 amide bonds. The summed E-state index contributed by atoms with van der Waals surface area (Å²) in [6.45, 7) is 2.98. The normalized spacial score (nSPS) is 11.1. The molecule has 5 heteroatoms. The fourth-order valence-electron chi connectivity index (χ4n) is 1.80. The number of nitrogen functional groups attached to an aromatic ring is 1. The number of ether oxygens (including phenoxy) is 1. The molecule has 0 radical (unpaired) electrons. The molecule has 0 spiro atoms. The molecular formula is C15H20N4O. The van der Waals surface area contributed by atoms with Crippen LogP contribution in [-0.4, -0.2) is 23.1 Å². The second-order valence-electron chi connectivity index (χ2n) is 4.52. The summed E-state index contributed by atoms with van der Waals surface area (Å²) >= 11 is 0. The lowest BCUT2D eigenvalue weighted by Gasteiger charge is -2.02. The number of benzene rings is 1. The third kappa shape index (κ3) is 3.38. The van der Waals surface area contributed by atoms with E-state index in [1.54, 1.807) is 24.2 Å². The molecule has 106 valence electrons. The first-order chi connectivity index (χ1) is 9.74. The lowest BCUT2D eigenvalue weighted by atomic mass is 10.2. The van der Waals surface area contributed by atoms with Crippen molar-refractivity contribution in [1.29, 1.82) is 0 Å². The van der Waals surface area contributed by atoms with Crippen LogP contribution in [0.4, 0.5) is 11.5 Å². The number of aliphatic imine (C=N–C) groups is 1. The summed E-state index contributed by atoms with van der Waals surface area (Å²) in [6.07, 6.45) is 5.65. The van der Waals surface area contributed by atoms with Gasteiger partial charge in [0.2, 0.25) is 0 Å². The Balaban J connectivity index is 2.08. The van der Waals surface area contributed by atoms with Crippen LogP contribution >= 0.6 is 0 Å². The van der Waals surface area contributed by atoms with Crippen LogP contribution in [0, 0.1) is 0 Å². The topological polar surface area (TPSA) is 65.4 Å². The van der Waals surface area contributed by atoms with Crippen molar-refractivity contribution in [1.82, 2.24) is 9.78 Å². The molecular weight excluding hydrogens is 252 g/mol. The Kier molecular flexibility index (Phi) is 4.76. The molecule has 2 aromatic rings. The minimum absolute atomic E-state index is 0.614. The zero-order chi connectivity index (χ0) is 14.4. The summed E-state index contributed by atoms with van der Waals surface area (Å²) in [6, 6.07) is 7.69. The second-order valence-corrected chi connectivity index (χ2v) is 4.52. The predicted octanol–water partition coefficient (Wildman–Crippen LogP) is 3.02. The van der Waals surface area contributed by atoms with Crippen LogP contribution in [0.25, 0.3) is 0 Å². The van der Waals surface area contributed by atoms with Crippen LogP contribution in [0.15, 0.2) is 35.5 Å². The van der Waals surface area contributed by atoms with E-state index in [0.717, 1.165) is 30.7 Å². The number of hydrogen-bond donors (Lipinski definition) is 1. The highest BCUT2D eigenvalue weighted by molar-refractivity contribution is 5.83. The maximum atomic E-state index is 6.02. The minimum atomic E-state index is 0.614. The molecule has 0 saturated carbocycles. The van der Waals surface area contributed by atoms with Crippen LogP contribution < -0.4 is 10.5 Å². The van der Waals surface area contributed by atoms with Gasteiger partial charge in [-0.2, -0.15) is 5.10 Å². The highest BCUT2D eigenvalue weighted by Crippen LogP contribution is 2.21. The number of methoxy groups -OCH3 is 1. The Morgan fingerprint density at radius 3 is 2.75 bits per heavy atom. The molecule has 0 bridgehead atoms. The average molecular weight is 272 g/mol. The standard InChI is InChI=1S/C15H20N4O/c1-3-4-9-19-15(16)14(11-18-19)17-10-12-5-7-13(20-2)8-6-12/h5-8,10-11H,3-4,9,16H2,1-2H3. The zero-order valence-electron chi connectivity index (χ0n) is 11.9. The first kappa shape index (κ1) is 14.1. The van der Waals surface area contributed by atoms with E-state index in [9.17, 15) is 0 Å². The van der Waals surface area contributed by atoms with Crippen LogP contribution in [0.1, 0.15) is 25.3 Å². The molecule has 2 rings (SSSR count). The number of unbranched alkanes of at least 4 members (excludes halogenated alkanes) is 1. The summed E-state index contributed by atoms with van der Waals surface area (Å²) < 4.78 is 6.91. The Morgan fingerprint density at radius 1 is 1.35 bits per heavy atom. The maximum Gasteiger partial charge on any atom is 0.147 e. The van der Waals surface area contributed by atoms with E-state index in [2.05, 4.69) is 17.0 Å². The Hall–Kier alpha value is -2.30. The summed E-state index contributed by atoms with van der Waals surface area (Å²) in [7, 11) is 1.65. The minimum Gasteiger partial charge on any atom is -0.497 e. The molecule has 0 aliphatic carbocycles. The van der Waals surface area contributed by atoms with Gasteiger partial charge < -0.3 is 10.5 Å². The lowest BCUT2D eigenvalue weighted by molar-refractivity contribution is 0.415. The van der Waals surface area contributed by atoms with Gasteiger partial charge in [-0.3, -0.25) is 4.99 Å². The highest BCUT2D eigenvalue weighted by atomic mass is 16.5. The fraction of sp³-hybridized carbons (Fsp3) is 0.333. The van der Waals surface area contributed by atoms with E-state index in [0.29, 0.717) is 11.5 Å². The van der Waals surface area contributed by atoms with E-state index in [4.69, 9.17) is 10.5 Å². The summed E-state index contributed by atoms with van der Waals surface area (Å²) in [5, 5.41) is 4.25. The highest BCUT2D eigenvalue weighted by Gasteiger charge is 2.04. The van der Waals surface area contributed by atoms with Gasteiger partial charge in [-0.15, -0.1) is 0 Å². The Bertz CT molecular complexity index is 572. The Morgan fingerprint density at radius 2 is 2.10 bits per heavy atom. The predicted molar refractivity (Wildman–Crippen MR) is 81.8 cm³/mol. The first-order valence-electron chi connectivity index (χ1n) is 6.74. The monoisotopic (exact) mass is 272 g/mol. The van der Waals surface area contributed by atoms with E-state index in [1.807, 2.05) is 24.3 Å². The smallest absolute Gasteiger partial charge is 0.147 e. The van der Waals surface area contributed by atoms with Crippen molar-refractivity contribution in [2.45, 2.75) is 26.3 Å². The molecule has 2 N–H and O–H groups in total. The van der Waals surface area contributed by atoms with Gasteiger partial charge >= 0.3 is 0 Å². The lowest BCUT2D eigenvalue weighted by Crippen LogP contribution is -2.04. The first-order valence-corrected chi connectivity index (χ1v) is 6.74. The number of hydrogen-bond acceptors (Lipinski definition) is 4. The SMILES string of the molecule is CCCCn1ncc(N=Cc2ccc(OC)cc2)c1N.